The van der Waals surface area contributed by atoms with Crippen molar-refractivity contribution >= 4 is 23.2 Å². The summed E-state index contributed by atoms with van der Waals surface area (Å²) in [4.78, 5) is 25.9. The smallest absolute Gasteiger partial charge is 0.227 e. The summed E-state index contributed by atoms with van der Waals surface area (Å²) in [6.07, 6.45) is 1.83. The zero-order valence-corrected chi connectivity index (χ0v) is 13.7. The summed E-state index contributed by atoms with van der Waals surface area (Å²) in [5.74, 6) is 0.0531. The second-order valence-electron chi connectivity index (χ2n) is 6.46. The van der Waals surface area contributed by atoms with Crippen molar-refractivity contribution in [3.63, 3.8) is 0 Å². The van der Waals surface area contributed by atoms with E-state index < -0.39 is 0 Å². The van der Waals surface area contributed by atoms with Gasteiger partial charge in [0, 0.05) is 36.7 Å². The Labute approximate surface area is 145 Å². The maximum Gasteiger partial charge on any atom is 0.227 e. The largest absolute Gasteiger partial charge is 0.326 e. The minimum Gasteiger partial charge on any atom is -0.326 e. The number of nitrogens with zero attached hydrogens (tertiary/aromatic N) is 2. The standard InChI is InChI=1S/C20H17N3O2/c21-12-13-3-5-14(6-4-13)17-11-19(24)22-18-10-15(7-8-16(17)18)23-9-1-2-20(23)25/h3-8,10,17H,1-2,9,11H2,(H,22,24). The van der Waals surface area contributed by atoms with E-state index >= 15 is 0 Å². The predicted octanol–water partition coefficient (Wildman–Crippen LogP) is 3.16. The molecule has 1 unspecified atom stereocenters. The molecule has 2 heterocycles. The molecule has 2 aromatic rings. The second-order valence-corrected chi connectivity index (χ2v) is 6.46. The molecule has 0 bridgehead atoms. The van der Waals surface area contributed by atoms with Crippen LogP contribution in [0.4, 0.5) is 11.4 Å². The molecular weight excluding hydrogens is 314 g/mol. The fourth-order valence-corrected chi connectivity index (χ4v) is 3.63. The van der Waals surface area contributed by atoms with E-state index in [1.165, 1.54) is 0 Å². The van der Waals surface area contributed by atoms with Crippen LogP contribution >= 0.6 is 0 Å². The molecule has 0 aliphatic carbocycles. The number of hydrogen-bond donors (Lipinski definition) is 1. The van der Waals surface area contributed by atoms with E-state index in [4.69, 9.17) is 5.26 Å². The molecule has 0 saturated carbocycles. The number of carbonyl (C=O) groups excluding carboxylic acids is 2. The summed E-state index contributed by atoms with van der Waals surface area (Å²) in [6.45, 7) is 0.727. The van der Waals surface area contributed by atoms with Crippen molar-refractivity contribution in [3.8, 4) is 6.07 Å². The fraction of sp³-hybridized carbons (Fsp3) is 0.250. The van der Waals surface area contributed by atoms with Crippen molar-refractivity contribution in [1.82, 2.24) is 0 Å². The van der Waals surface area contributed by atoms with E-state index in [1.54, 1.807) is 17.0 Å². The van der Waals surface area contributed by atoms with E-state index in [0.717, 1.165) is 35.5 Å². The molecule has 0 spiro atoms. The van der Waals surface area contributed by atoms with Crippen LogP contribution in [0.5, 0.6) is 0 Å². The number of rotatable bonds is 2. The first-order valence-corrected chi connectivity index (χ1v) is 8.40. The van der Waals surface area contributed by atoms with E-state index in [9.17, 15) is 9.59 Å². The van der Waals surface area contributed by atoms with Crippen LogP contribution in [-0.2, 0) is 9.59 Å². The van der Waals surface area contributed by atoms with Gasteiger partial charge in [0.05, 0.1) is 11.6 Å². The monoisotopic (exact) mass is 331 g/mol. The average molecular weight is 331 g/mol. The second kappa shape index (κ2) is 6.06. The van der Waals surface area contributed by atoms with Gasteiger partial charge in [-0.1, -0.05) is 18.2 Å². The van der Waals surface area contributed by atoms with Crippen molar-refractivity contribution in [1.29, 1.82) is 5.26 Å². The Morgan fingerprint density at radius 3 is 2.60 bits per heavy atom. The molecule has 0 radical (unpaired) electrons. The average Bonchev–Trinajstić information content (AvgIpc) is 3.06. The molecule has 4 rings (SSSR count). The zero-order chi connectivity index (χ0) is 17.4. The van der Waals surface area contributed by atoms with Gasteiger partial charge in [0.1, 0.15) is 0 Å². The van der Waals surface area contributed by atoms with Gasteiger partial charge in [-0.3, -0.25) is 9.59 Å². The first-order chi connectivity index (χ1) is 12.2. The van der Waals surface area contributed by atoms with E-state index in [2.05, 4.69) is 11.4 Å². The number of nitrogens with one attached hydrogen (secondary N) is 1. The Balaban J connectivity index is 1.72. The van der Waals surface area contributed by atoms with Crippen molar-refractivity contribution in [3.05, 3.63) is 59.2 Å². The van der Waals surface area contributed by atoms with Crippen LogP contribution in [0.3, 0.4) is 0 Å². The highest BCUT2D eigenvalue weighted by Crippen LogP contribution is 2.39. The van der Waals surface area contributed by atoms with Gasteiger partial charge in [-0.15, -0.1) is 0 Å². The Morgan fingerprint density at radius 1 is 1.12 bits per heavy atom. The molecule has 5 heteroatoms. The predicted molar refractivity (Wildman–Crippen MR) is 94.3 cm³/mol. The molecule has 1 saturated heterocycles. The van der Waals surface area contributed by atoms with Crippen LogP contribution in [0.25, 0.3) is 0 Å². The van der Waals surface area contributed by atoms with Crippen LogP contribution < -0.4 is 10.2 Å². The van der Waals surface area contributed by atoms with Crippen LogP contribution in [0.15, 0.2) is 42.5 Å². The minimum atomic E-state index is -0.0418. The SMILES string of the molecule is N#Cc1ccc(C2CC(=O)Nc3cc(N4CCCC4=O)ccc32)cc1. The van der Waals surface area contributed by atoms with Crippen LogP contribution in [0, 0.1) is 11.3 Å². The van der Waals surface area contributed by atoms with Crippen LogP contribution in [0.1, 0.15) is 41.9 Å². The quantitative estimate of drug-likeness (QED) is 0.918. The van der Waals surface area contributed by atoms with Crippen LogP contribution in [0.2, 0.25) is 0 Å². The Bertz CT molecular complexity index is 896. The summed E-state index contributed by atoms with van der Waals surface area (Å²) in [5.41, 5.74) is 4.26. The molecule has 1 fully saturated rings. The third-order valence-corrected chi connectivity index (χ3v) is 4.90. The lowest BCUT2D eigenvalue weighted by Crippen LogP contribution is -2.26. The molecule has 2 amide bonds. The van der Waals surface area contributed by atoms with Crippen molar-refractivity contribution < 1.29 is 9.59 Å². The molecule has 2 aromatic carbocycles. The molecule has 2 aliphatic heterocycles. The van der Waals surface area contributed by atoms with E-state index in [1.807, 2.05) is 30.3 Å². The van der Waals surface area contributed by atoms with Gasteiger partial charge in [0.2, 0.25) is 11.8 Å². The van der Waals surface area contributed by atoms with Crippen molar-refractivity contribution in [2.24, 2.45) is 0 Å². The lowest BCUT2D eigenvalue weighted by atomic mass is 9.84. The maximum absolute atomic E-state index is 12.2. The van der Waals surface area contributed by atoms with Gasteiger partial charge in [-0.25, -0.2) is 0 Å². The van der Waals surface area contributed by atoms with E-state index in [-0.39, 0.29) is 17.7 Å². The Morgan fingerprint density at radius 2 is 1.92 bits per heavy atom. The summed E-state index contributed by atoms with van der Waals surface area (Å²) in [7, 11) is 0. The van der Waals surface area contributed by atoms with Gasteiger partial charge in [-0.2, -0.15) is 5.26 Å². The zero-order valence-electron chi connectivity index (χ0n) is 13.7. The molecule has 124 valence electrons. The number of fused-ring (bicyclic) bond motifs is 1. The maximum atomic E-state index is 12.2. The van der Waals surface area contributed by atoms with Gasteiger partial charge in [-0.05, 0) is 41.8 Å². The summed E-state index contributed by atoms with van der Waals surface area (Å²) >= 11 is 0. The lowest BCUT2D eigenvalue weighted by molar-refractivity contribution is -0.117. The molecule has 25 heavy (non-hydrogen) atoms. The van der Waals surface area contributed by atoms with Gasteiger partial charge >= 0.3 is 0 Å². The number of benzene rings is 2. The first kappa shape index (κ1) is 15.4. The van der Waals surface area contributed by atoms with Gasteiger partial charge < -0.3 is 10.2 Å². The van der Waals surface area contributed by atoms with Crippen molar-refractivity contribution in [2.45, 2.75) is 25.2 Å². The first-order valence-electron chi connectivity index (χ1n) is 8.40. The lowest BCUT2D eigenvalue weighted by Gasteiger charge is -2.27. The molecule has 0 aromatic heterocycles. The number of hydrogen-bond acceptors (Lipinski definition) is 3. The topological polar surface area (TPSA) is 73.2 Å². The number of carbonyl (C=O) groups is 2. The van der Waals surface area contributed by atoms with Gasteiger partial charge in [0.25, 0.3) is 0 Å². The van der Waals surface area contributed by atoms with E-state index in [0.29, 0.717) is 18.4 Å². The Hall–Kier alpha value is -3.13. The summed E-state index contributed by atoms with van der Waals surface area (Å²) in [5, 5.41) is 11.9. The minimum absolute atomic E-state index is 0.0354. The fourth-order valence-electron chi connectivity index (χ4n) is 3.63. The highest BCUT2D eigenvalue weighted by Gasteiger charge is 2.28. The normalized spacial score (nSPS) is 19.3. The number of anilines is 2. The number of amides is 2. The highest BCUT2D eigenvalue weighted by atomic mass is 16.2. The van der Waals surface area contributed by atoms with Crippen LogP contribution in [-0.4, -0.2) is 18.4 Å². The summed E-state index contributed by atoms with van der Waals surface area (Å²) < 4.78 is 0. The molecule has 2 aliphatic rings. The molecule has 5 nitrogen and oxygen atoms in total. The summed E-state index contributed by atoms with van der Waals surface area (Å²) in [6, 6.07) is 15.3. The highest BCUT2D eigenvalue weighted by molar-refractivity contribution is 5.99. The number of nitriles is 1. The Kier molecular flexibility index (Phi) is 3.73. The molecular formula is C20H17N3O2. The molecule has 1 atom stereocenters. The van der Waals surface area contributed by atoms with Crippen molar-refractivity contribution in [2.75, 3.05) is 16.8 Å². The molecule has 1 N–H and O–H groups in total. The van der Waals surface area contributed by atoms with Gasteiger partial charge in [0.15, 0.2) is 0 Å². The third kappa shape index (κ3) is 2.76. The third-order valence-electron chi connectivity index (χ3n) is 4.90.